The summed E-state index contributed by atoms with van der Waals surface area (Å²) in [5, 5.41) is 4.87. The molecule has 1 aliphatic rings. The van der Waals surface area contributed by atoms with Crippen molar-refractivity contribution >= 4 is 11.3 Å². The van der Waals surface area contributed by atoms with E-state index in [0.717, 1.165) is 13.0 Å². The molecule has 1 aromatic heterocycles. The zero-order valence-electron chi connectivity index (χ0n) is 10.5. The van der Waals surface area contributed by atoms with Crippen molar-refractivity contribution in [3.8, 4) is 0 Å². The molecule has 0 saturated heterocycles. The Labute approximate surface area is 102 Å². The summed E-state index contributed by atoms with van der Waals surface area (Å²) < 4.78 is 0. The van der Waals surface area contributed by atoms with Gasteiger partial charge in [0.1, 0.15) is 0 Å². The van der Waals surface area contributed by atoms with Crippen molar-refractivity contribution in [1.82, 2.24) is 10.3 Å². The third kappa shape index (κ3) is 2.64. The smallest absolute Gasteiger partial charge is 0.0928 e. The van der Waals surface area contributed by atoms with Gasteiger partial charge in [-0.15, -0.1) is 11.3 Å². The first-order valence-electron chi connectivity index (χ1n) is 6.42. The fourth-order valence-corrected chi connectivity index (χ4v) is 3.42. The van der Waals surface area contributed by atoms with Crippen LogP contribution in [0.2, 0.25) is 0 Å². The lowest BCUT2D eigenvalue weighted by Crippen LogP contribution is -2.29. The minimum atomic E-state index is 0.578. The van der Waals surface area contributed by atoms with Crippen LogP contribution < -0.4 is 5.32 Å². The Morgan fingerprint density at radius 2 is 2.31 bits per heavy atom. The van der Waals surface area contributed by atoms with Gasteiger partial charge in [0.15, 0.2) is 0 Å². The molecule has 2 nitrogen and oxygen atoms in total. The largest absolute Gasteiger partial charge is 0.314 e. The van der Waals surface area contributed by atoms with Gasteiger partial charge in [-0.3, -0.25) is 0 Å². The first-order valence-corrected chi connectivity index (χ1v) is 7.24. The summed E-state index contributed by atoms with van der Waals surface area (Å²) in [7, 11) is 0. The second kappa shape index (κ2) is 5.28. The van der Waals surface area contributed by atoms with Crippen molar-refractivity contribution in [3.05, 3.63) is 15.6 Å². The van der Waals surface area contributed by atoms with Gasteiger partial charge in [0.25, 0.3) is 0 Å². The molecule has 1 N–H and O–H groups in total. The van der Waals surface area contributed by atoms with Gasteiger partial charge < -0.3 is 5.32 Å². The molecule has 0 radical (unpaired) electrons. The molecule has 0 aliphatic heterocycles. The fraction of sp³-hybridized carbons (Fsp3) is 0.769. The Kier molecular flexibility index (Phi) is 3.98. The lowest BCUT2D eigenvalue weighted by molar-refractivity contribution is 0.474. The molecule has 1 aromatic rings. The zero-order chi connectivity index (χ0) is 11.5. The number of fused-ring (bicyclic) bond motifs is 1. The molecule has 1 atom stereocenters. The van der Waals surface area contributed by atoms with Crippen molar-refractivity contribution < 1.29 is 0 Å². The first kappa shape index (κ1) is 12.1. The van der Waals surface area contributed by atoms with Gasteiger partial charge in [-0.25, -0.2) is 4.98 Å². The van der Waals surface area contributed by atoms with Gasteiger partial charge in [0.2, 0.25) is 0 Å². The average Bonchev–Trinajstić information content (AvgIpc) is 2.69. The third-order valence-corrected chi connectivity index (χ3v) is 4.47. The number of rotatable bonds is 4. The van der Waals surface area contributed by atoms with Crippen molar-refractivity contribution in [1.29, 1.82) is 0 Å². The minimum Gasteiger partial charge on any atom is -0.314 e. The van der Waals surface area contributed by atoms with Crippen LogP contribution in [-0.2, 0) is 12.8 Å². The summed E-state index contributed by atoms with van der Waals surface area (Å²) >= 11 is 1.93. The van der Waals surface area contributed by atoms with Gasteiger partial charge in [0.05, 0.1) is 10.7 Å². The number of nitrogens with zero attached hydrogens (tertiary/aromatic N) is 1. The van der Waals surface area contributed by atoms with Crippen LogP contribution >= 0.6 is 11.3 Å². The highest BCUT2D eigenvalue weighted by atomic mass is 32.1. The quantitative estimate of drug-likeness (QED) is 0.872. The Morgan fingerprint density at radius 1 is 1.50 bits per heavy atom. The van der Waals surface area contributed by atoms with E-state index in [1.165, 1.54) is 30.0 Å². The van der Waals surface area contributed by atoms with E-state index in [4.69, 9.17) is 4.98 Å². The number of nitrogens with one attached hydrogen (secondary N) is 1. The van der Waals surface area contributed by atoms with E-state index < -0.39 is 0 Å². The van der Waals surface area contributed by atoms with Crippen LogP contribution in [0.25, 0.3) is 0 Å². The lowest BCUT2D eigenvalue weighted by Gasteiger charge is -2.22. The van der Waals surface area contributed by atoms with Crippen LogP contribution in [0.15, 0.2) is 0 Å². The summed E-state index contributed by atoms with van der Waals surface area (Å²) in [6, 6.07) is 0.578. The van der Waals surface area contributed by atoms with E-state index in [2.05, 4.69) is 26.1 Å². The molecule has 0 fully saturated rings. The molecule has 0 aromatic carbocycles. The number of aryl methyl sites for hydroxylation is 2. The van der Waals surface area contributed by atoms with Gasteiger partial charge in [-0.1, -0.05) is 20.8 Å². The standard InChI is InChI=1S/C13H22N2S/c1-4-12-15-13-10(8-14-9(2)3)6-5-7-11(13)16-12/h9-10,14H,4-8H2,1-3H3. The normalized spacial score (nSPS) is 20.1. The molecule has 1 heterocycles. The molecule has 90 valence electrons. The topological polar surface area (TPSA) is 24.9 Å². The van der Waals surface area contributed by atoms with E-state index in [0.29, 0.717) is 12.0 Å². The van der Waals surface area contributed by atoms with Crippen molar-refractivity contribution in [2.24, 2.45) is 0 Å². The first-order chi connectivity index (χ1) is 7.70. The third-order valence-electron chi connectivity index (χ3n) is 3.19. The molecule has 3 heteroatoms. The molecule has 1 unspecified atom stereocenters. The summed E-state index contributed by atoms with van der Waals surface area (Å²) in [5.41, 5.74) is 1.40. The van der Waals surface area contributed by atoms with Crippen molar-refractivity contribution in [3.63, 3.8) is 0 Å². The predicted molar refractivity (Wildman–Crippen MR) is 70.3 cm³/mol. The van der Waals surface area contributed by atoms with E-state index in [9.17, 15) is 0 Å². The second-order valence-corrected chi connectivity index (χ2v) is 6.09. The average molecular weight is 238 g/mol. The highest BCUT2D eigenvalue weighted by molar-refractivity contribution is 7.11. The maximum atomic E-state index is 4.81. The van der Waals surface area contributed by atoms with Crippen molar-refractivity contribution in [2.75, 3.05) is 6.54 Å². The molecule has 0 amide bonds. The number of hydrogen-bond donors (Lipinski definition) is 1. The number of thiazole rings is 1. The predicted octanol–water partition coefficient (Wildman–Crippen LogP) is 3.12. The van der Waals surface area contributed by atoms with Crippen LogP contribution in [0, 0.1) is 0 Å². The summed E-state index contributed by atoms with van der Waals surface area (Å²) in [6.45, 7) is 7.72. The highest BCUT2D eigenvalue weighted by Crippen LogP contribution is 2.34. The Bertz CT molecular complexity index is 344. The molecule has 2 rings (SSSR count). The SMILES string of the molecule is CCc1nc2c(s1)CCCC2CNC(C)C. The molecule has 0 saturated carbocycles. The van der Waals surface area contributed by atoms with Gasteiger partial charge in [-0.2, -0.15) is 0 Å². The summed E-state index contributed by atoms with van der Waals surface area (Å²) in [5.74, 6) is 0.655. The lowest BCUT2D eigenvalue weighted by atomic mass is 9.91. The van der Waals surface area contributed by atoms with E-state index >= 15 is 0 Å². The van der Waals surface area contributed by atoms with Crippen LogP contribution in [-0.4, -0.2) is 17.6 Å². The Morgan fingerprint density at radius 3 is 3.00 bits per heavy atom. The number of aromatic nitrogens is 1. The molecule has 1 aliphatic carbocycles. The van der Waals surface area contributed by atoms with Crippen LogP contribution in [0.4, 0.5) is 0 Å². The summed E-state index contributed by atoms with van der Waals surface area (Å²) in [4.78, 5) is 6.36. The van der Waals surface area contributed by atoms with Gasteiger partial charge in [-0.05, 0) is 25.7 Å². The zero-order valence-corrected chi connectivity index (χ0v) is 11.4. The number of hydrogen-bond acceptors (Lipinski definition) is 3. The van der Waals surface area contributed by atoms with E-state index in [1.807, 2.05) is 11.3 Å². The summed E-state index contributed by atoms with van der Waals surface area (Å²) in [6.07, 6.45) is 4.98. The molecule has 0 spiro atoms. The van der Waals surface area contributed by atoms with Crippen LogP contribution in [0.5, 0.6) is 0 Å². The maximum absolute atomic E-state index is 4.81. The molecule has 0 bridgehead atoms. The van der Waals surface area contributed by atoms with E-state index in [1.54, 1.807) is 4.88 Å². The Hall–Kier alpha value is -0.410. The van der Waals surface area contributed by atoms with Crippen LogP contribution in [0.3, 0.4) is 0 Å². The van der Waals surface area contributed by atoms with Crippen molar-refractivity contribution in [2.45, 2.75) is 58.4 Å². The van der Waals surface area contributed by atoms with Gasteiger partial charge in [0, 0.05) is 23.4 Å². The molecule has 16 heavy (non-hydrogen) atoms. The minimum absolute atomic E-state index is 0.578. The molecular weight excluding hydrogens is 216 g/mol. The monoisotopic (exact) mass is 238 g/mol. The highest BCUT2D eigenvalue weighted by Gasteiger charge is 2.24. The van der Waals surface area contributed by atoms with Gasteiger partial charge >= 0.3 is 0 Å². The van der Waals surface area contributed by atoms with E-state index in [-0.39, 0.29) is 0 Å². The second-order valence-electron chi connectivity index (χ2n) is 4.92. The fourth-order valence-electron chi connectivity index (χ4n) is 2.29. The Balaban J connectivity index is 2.09. The maximum Gasteiger partial charge on any atom is 0.0928 e. The molecular formula is C13H22N2S. The van der Waals surface area contributed by atoms with Crippen LogP contribution in [0.1, 0.15) is 55.1 Å².